The molecule has 0 atom stereocenters. The van der Waals surface area contributed by atoms with E-state index in [0.717, 1.165) is 0 Å². The summed E-state index contributed by atoms with van der Waals surface area (Å²) in [6.45, 7) is 5.70. The molecule has 0 aliphatic heterocycles. The van der Waals surface area contributed by atoms with Crippen molar-refractivity contribution in [3.05, 3.63) is 41.2 Å². The third kappa shape index (κ3) is 3.09. The van der Waals surface area contributed by atoms with E-state index in [-0.39, 0.29) is 11.6 Å². The van der Waals surface area contributed by atoms with Gasteiger partial charge in [0.1, 0.15) is 34.8 Å². The SMILES string of the molecule is CNc1nc(C(C)C)nc(Nc2c(F)cccc2F)c1C. The second kappa shape index (κ2) is 6.03. The Morgan fingerprint density at radius 2 is 1.62 bits per heavy atom. The number of nitrogens with zero attached hydrogens (tertiary/aromatic N) is 2. The van der Waals surface area contributed by atoms with Crippen LogP contribution in [0.5, 0.6) is 0 Å². The maximum Gasteiger partial charge on any atom is 0.149 e. The predicted octanol–water partition coefficient (Wildman–Crippen LogP) is 3.97. The third-order valence-corrected chi connectivity index (χ3v) is 3.12. The van der Waals surface area contributed by atoms with Crippen molar-refractivity contribution in [2.24, 2.45) is 0 Å². The highest BCUT2D eigenvalue weighted by molar-refractivity contribution is 5.65. The van der Waals surface area contributed by atoms with Crippen molar-refractivity contribution in [3.8, 4) is 0 Å². The van der Waals surface area contributed by atoms with Gasteiger partial charge in [-0.2, -0.15) is 0 Å². The lowest BCUT2D eigenvalue weighted by Crippen LogP contribution is -2.09. The molecule has 2 aromatic rings. The Hall–Kier alpha value is -2.24. The topological polar surface area (TPSA) is 49.8 Å². The third-order valence-electron chi connectivity index (χ3n) is 3.12. The van der Waals surface area contributed by atoms with Crippen molar-refractivity contribution in [2.45, 2.75) is 26.7 Å². The number of halogens is 2. The van der Waals surface area contributed by atoms with Gasteiger partial charge in [-0.3, -0.25) is 0 Å². The van der Waals surface area contributed by atoms with E-state index in [1.807, 2.05) is 13.8 Å². The number of para-hydroxylation sites is 1. The Morgan fingerprint density at radius 1 is 1.05 bits per heavy atom. The number of hydrogen-bond acceptors (Lipinski definition) is 4. The maximum absolute atomic E-state index is 13.7. The molecule has 0 saturated heterocycles. The minimum atomic E-state index is -0.662. The highest BCUT2D eigenvalue weighted by Crippen LogP contribution is 2.28. The van der Waals surface area contributed by atoms with E-state index in [1.165, 1.54) is 18.2 Å². The van der Waals surface area contributed by atoms with Crippen LogP contribution in [-0.4, -0.2) is 17.0 Å². The van der Waals surface area contributed by atoms with Gasteiger partial charge in [0, 0.05) is 18.5 Å². The summed E-state index contributed by atoms with van der Waals surface area (Å²) in [5, 5.41) is 5.70. The fourth-order valence-corrected chi connectivity index (χ4v) is 1.89. The molecule has 0 amide bonds. The summed E-state index contributed by atoms with van der Waals surface area (Å²) < 4.78 is 27.5. The Kier molecular flexibility index (Phi) is 4.35. The van der Waals surface area contributed by atoms with Gasteiger partial charge in [-0.15, -0.1) is 0 Å². The van der Waals surface area contributed by atoms with Gasteiger partial charge in [0.25, 0.3) is 0 Å². The van der Waals surface area contributed by atoms with Crippen LogP contribution in [0.1, 0.15) is 31.2 Å². The van der Waals surface area contributed by atoms with E-state index in [2.05, 4.69) is 20.6 Å². The first-order chi connectivity index (χ1) is 9.93. The quantitative estimate of drug-likeness (QED) is 0.895. The van der Waals surface area contributed by atoms with E-state index in [0.29, 0.717) is 23.0 Å². The van der Waals surface area contributed by atoms with E-state index in [4.69, 9.17) is 0 Å². The summed E-state index contributed by atoms with van der Waals surface area (Å²) in [4.78, 5) is 8.75. The minimum absolute atomic E-state index is 0.101. The van der Waals surface area contributed by atoms with Gasteiger partial charge in [0.2, 0.25) is 0 Å². The molecule has 0 bridgehead atoms. The summed E-state index contributed by atoms with van der Waals surface area (Å²) in [5.74, 6) is 0.401. The smallest absolute Gasteiger partial charge is 0.149 e. The molecule has 1 aromatic carbocycles. The van der Waals surface area contributed by atoms with E-state index in [9.17, 15) is 8.78 Å². The summed E-state index contributed by atoms with van der Waals surface area (Å²) in [6, 6.07) is 3.72. The van der Waals surface area contributed by atoms with Crippen LogP contribution in [-0.2, 0) is 0 Å². The lowest BCUT2D eigenvalue weighted by molar-refractivity contribution is 0.590. The van der Waals surface area contributed by atoms with Crippen molar-refractivity contribution in [3.63, 3.8) is 0 Å². The minimum Gasteiger partial charge on any atom is -0.373 e. The zero-order valence-corrected chi connectivity index (χ0v) is 12.5. The van der Waals surface area contributed by atoms with Crippen LogP contribution in [0.4, 0.5) is 26.1 Å². The van der Waals surface area contributed by atoms with Crippen LogP contribution in [0.25, 0.3) is 0 Å². The fraction of sp³-hybridized carbons (Fsp3) is 0.333. The predicted molar refractivity (Wildman–Crippen MR) is 80.0 cm³/mol. The maximum atomic E-state index is 13.7. The van der Waals surface area contributed by atoms with Crippen LogP contribution in [0.15, 0.2) is 18.2 Å². The Bertz CT molecular complexity index is 636. The second-order valence-electron chi connectivity index (χ2n) is 5.03. The zero-order chi connectivity index (χ0) is 15.6. The zero-order valence-electron chi connectivity index (χ0n) is 12.5. The molecule has 1 heterocycles. The lowest BCUT2D eigenvalue weighted by Gasteiger charge is -2.15. The van der Waals surface area contributed by atoms with E-state index >= 15 is 0 Å². The van der Waals surface area contributed by atoms with Crippen LogP contribution in [0.3, 0.4) is 0 Å². The average Bonchev–Trinajstić information content (AvgIpc) is 2.44. The normalized spacial score (nSPS) is 10.8. The summed E-state index contributed by atoms with van der Waals surface area (Å²) in [7, 11) is 1.74. The van der Waals surface area contributed by atoms with Gasteiger partial charge in [-0.25, -0.2) is 18.7 Å². The first-order valence-electron chi connectivity index (χ1n) is 6.71. The van der Waals surface area contributed by atoms with Gasteiger partial charge in [0.05, 0.1) is 0 Å². The molecule has 112 valence electrons. The summed E-state index contributed by atoms with van der Waals surface area (Å²) in [6.07, 6.45) is 0. The molecule has 1 aromatic heterocycles. The van der Waals surface area contributed by atoms with Gasteiger partial charge in [0.15, 0.2) is 0 Å². The largest absolute Gasteiger partial charge is 0.373 e. The first kappa shape index (κ1) is 15.2. The van der Waals surface area contributed by atoms with Crippen LogP contribution >= 0.6 is 0 Å². The van der Waals surface area contributed by atoms with Crippen LogP contribution in [0, 0.1) is 18.6 Å². The Labute approximate surface area is 122 Å². The second-order valence-corrected chi connectivity index (χ2v) is 5.03. The summed E-state index contributed by atoms with van der Waals surface area (Å²) >= 11 is 0. The van der Waals surface area contributed by atoms with Gasteiger partial charge in [-0.05, 0) is 19.1 Å². The van der Waals surface area contributed by atoms with Crippen molar-refractivity contribution in [1.29, 1.82) is 0 Å². The first-order valence-corrected chi connectivity index (χ1v) is 6.71. The van der Waals surface area contributed by atoms with E-state index < -0.39 is 11.6 Å². The van der Waals surface area contributed by atoms with Crippen LogP contribution < -0.4 is 10.6 Å². The van der Waals surface area contributed by atoms with Crippen molar-refractivity contribution in [2.75, 3.05) is 17.7 Å². The molecule has 0 saturated carbocycles. The molecule has 4 nitrogen and oxygen atoms in total. The molecule has 0 aliphatic carbocycles. The molecule has 0 radical (unpaired) electrons. The molecular weight excluding hydrogens is 274 g/mol. The number of benzene rings is 1. The average molecular weight is 292 g/mol. The number of anilines is 3. The molecule has 21 heavy (non-hydrogen) atoms. The van der Waals surface area contributed by atoms with E-state index in [1.54, 1.807) is 14.0 Å². The Morgan fingerprint density at radius 3 is 2.14 bits per heavy atom. The molecule has 0 unspecified atom stereocenters. The number of hydrogen-bond donors (Lipinski definition) is 2. The molecule has 2 N–H and O–H groups in total. The molecule has 0 aliphatic rings. The number of aromatic nitrogens is 2. The molecule has 0 fully saturated rings. The molecular formula is C15H18F2N4. The van der Waals surface area contributed by atoms with Crippen LogP contribution in [0.2, 0.25) is 0 Å². The highest BCUT2D eigenvalue weighted by Gasteiger charge is 2.15. The lowest BCUT2D eigenvalue weighted by atomic mass is 10.2. The summed E-state index contributed by atoms with van der Waals surface area (Å²) in [5.41, 5.74) is 0.487. The standard InChI is InChI=1S/C15H18F2N4/c1-8(2)13-20-14(18-4)9(3)15(21-13)19-12-10(16)6-5-7-11(12)17/h5-8H,1-4H3,(H2,18,19,20,21). The van der Waals surface area contributed by atoms with Crippen molar-refractivity contribution >= 4 is 17.3 Å². The Balaban J connectivity index is 2.51. The van der Waals surface area contributed by atoms with Crippen molar-refractivity contribution in [1.82, 2.24) is 9.97 Å². The monoisotopic (exact) mass is 292 g/mol. The molecule has 6 heteroatoms. The van der Waals surface area contributed by atoms with Gasteiger partial charge < -0.3 is 10.6 Å². The number of rotatable bonds is 4. The molecule has 0 spiro atoms. The van der Waals surface area contributed by atoms with Gasteiger partial charge in [-0.1, -0.05) is 19.9 Å². The fourth-order valence-electron chi connectivity index (χ4n) is 1.89. The highest BCUT2D eigenvalue weighted by atomic mass is 19.1. The van der Waals surface area contributed by atoms with Gasteiger partial charge >= 0.3 is 0 Å². The van der Waals surface area contributed by atoms with Crippen molar-refractivity contribution < 1.29 is 8.78 Å². The molecule has 2 rings (SSSR count). The number of nitrogens with one attached hydrogen (secondary N) is 2.